The van der Waals surface area contributed by atoms with Crippen molar-refractivity contribution in [2.45, 2.75) is 64.0 Å². The Bertz CT molecular complexity index is 1010. The highest BCUT2D eigenvalue weighted by molar-refractivity contribution is 6.12. The first-order valence-electron chi connectivity index (χ1n) is 12.9. The fraction of sp³-hybridized carbons (Fsp3) is 0.500. The summed E-state index contributed by atoms with van der Waals surface area (Å²) in [7, 11) is 3.19. The molecule has 8 heteroatoms. The predicted octanol–water partition coefficient (Wildman–Crippen LogP) is 4.25. The van der Waals surface area contributed by atoms with Crippen molar-refractivity contribution in [3.8, 4) is 0 Å². The summed E-state index contributed by atoms with van der Waals surface area (Å²) in [6.45, 7) is 2.07. The predicted molar refractivity (Wildman–Crippen MR) is 145 cm³/mol. The number of aromatic nitrogens is 1. The van der Waals surface area contributed by atoms with Gasteiger partial charge >= 0.3 is 6.03 Å². The maximum Gasteiger partial charge on any atom is 0.325 e. The van der Waals surface area contributed by atoms with Gasteiger partial charge in [-0.15, -0.1) is 0 Å². The lowest BCUT2D eigenvalue weighted by Crippen LogP contribution is -2.71. The van der Waals surface area contributed by atoms with Gasteiger partial charge in [0.15, 0.2) is 0 Å². The van der Waals surface area contributed by atoms with E-state index in [2.05, 4.69) is 23.0 Å². The Hall–Kier alpha value is -3.26. The molecule has 1 aliphatic heterocycles. The topological polar surface area (TPSA) is 109 Å². The number of carbonyl (C=O) groups excluding carboxylic acids is 3. The Morgan fingerprint density at radius 2 is 1.75 bits per heavy atom. The second-order valence-electron chi connectivity index (χ2n) is 9.41. The Kier molecular flexibility index (Phi) is 9.99. The van der Waals surface area contributed by atoms with E-state index in [0.29, 0.717) is 12.3 Å². The number of hydrogen-bond acceptors (Lipinski definition) is 5. The van der Waals surface area contributed by atoms with Crippen LogP contribution < -0.4 is 16.0 Å². The van der Waals surface area contributed by atoms with Crippen molar-refractivity contribution in [3.05, 3.63) is 60.4 Å². The molecule has 2 heterocycles. The molecule has 4 amide bonds. The molecule has 0 unspecified atom stereocenters. The first-order valence-corrected chi connectivity index (χ1v) is 12.9. The Balaban J connectivity index is 0.00000176. The van der Waals surface area contributed by atoms with Gasteiger partial charge in [-0.1, -0.05) is 44.4 Å². The molecule has 0 radical (unpaired) electrons. The molecular weight excluding hydrogens is 454 g/mol. The van der Waals surface area contributed by atoms with Gasteiger partial charge in [0.05, 0.1) is 5.92 Å². The Morgan fingerprint density at radius 3 is 2.36 bits per heavy atom. The lowest BCUT2D eigenvalue weighted by atomic mass is 9.81. The van der Waals surface area contributed by atoms with Crippen LogP contribution in [0.3, 0.4) is 0 Å². The molecule has 8 nitrogen and oxygen atoms in total. The number of likely N-dealkylation sites (N-methyl/N-ethyl adjacent to an activating group) is 1. The van der Waals surface area contributed by atoms with E-state index in [1.807, 2.05) is 42.5 Å². The quantitative estimate of drug-likeness (QED) is 0.556. The SMILES string of the molecule is CC[C@@H](NC(=O)N1C(=O)[C@H](Cc2ccncc2)[C@H]1C(=O)N(C)c1ccccc1)C1CCCCC1.CN.[HH].[HH]. The number of nitrogens with zero attached hydrogens (tertiary/aromatic N) is 3. The first-order chi connectivity index (χ1) is 17.5. The lowest BCUT2D eigenvalue weighted by molar-refractivity contribution is -0.156. The molecule has 2 aliphatic rings. The molecule has 3 atom stereocenters. The molecule has 4 rings (SSSR count). The monoisotopic (exact) mass is 497 g/mol. The number of carbonyl (C=O) groups is 3. The van der Waals surface area contributed by atoms with Gasteiger partial charge in [0.25, 0.3) is 5.91 Å². The lowest BCUT2D eigenvalue weighted by Gasteiger charge is -2.46. The number of anilines is 1. The van der Waals surface area contributed by atoms with E-state index in [-0.39, 0.29) is 20.7 Å². The van der Waals surface area contributed by atoms with Gasteiger partial charge in [0, 0.05) is 34.0 Å². The summed E-state index contributed by atoms with van der Waals surface area (Å²) in [5, 5.41) is 3.10. The second-order valence-corrected chi connectivity index (χ2v) is 9.41. The second kappa shape index (κ2) is 13.2. The van der Waals surface area contributed by atoms with Gasteiger partial charge in [0.1, 0.15) is 6.04 Å². The standard InChI is InChI=1S/C27H34N4O3.CH5N.2H2/c1-3-23(20-10-6-4-7-11-20)29-27(34)31-24(26(33)30(2)21-12-8-5-9-13-21)22(25(31)32)18-19-14-16-28-17-15-19;1-2;;/h5,8-9,12-17,20,22-24H,3-4,6-7,10-11,18H2,1-2H3,(H,29,34);2H2,1H3;2*1H/t22-,23-,24+;;;/m1.../s1. The van der Waals surface area contributed by atoms with E-state index in [1.165, 1.54) is 31.2 Å². The number of rotatable bonds is 7. The van der Waals surface area contributed by atoms with Crippen molar-refractivity contribution in [3.63, 3.8) is 0 Å². The summed E-state index contributed by atoms with van der Waals surface area (Å²) in [6, 6.07) is 11.7. The van der Waals surface area contributed by atoms with Crippen LogP contribution in [0.1, 0.15) is 53.9 Å². The highest BCUT2D eigenvalue weighted by atomic mass is 16.2. The van der Waals surface area contributed by atoms with Gasteiger partial charge in [-0.05, 0) is 68.5 Å². The molecule has 0 spiro atoms. The van der Waals surface area contributed by atoms with E-state index < -0.39 is 18.0 Å². The summed E-state index contributed by atoms with van der Waals surface area (Å²) in [5.41, 5.74) is 6.14. The minimum absolute atomic E-state index is 0. The van der Waals surface area contributed by atoms with Crippen molar-refractivity contribution in [1.29, 1.82) is 0 Å². The van der Waals surface area contributed by atoms with Crippen LogP contribution in [0.15, 0.2) is 54.9 Å². The maximum absolute atomic E-state index is 13.6. The van der Waals surface area contributed by atoms with Gasteiger partial charge < -0.3 is 16.0 Å². The zero-order valence-corrected chi connectivity index (χ0v) is 21.6. The Labute approximate surface area is 217 Å². The van der Waals surface area contributed by atoms with Gasteiger partial charge in [-0.25, -0.2) is 4.79 Å². The van der Waals surface area contributed by atoms with Gasteiger partial charge in [-0.2, -0.15) is 0 Å². The van der Waals surface area contributed by atoms with Crippen LogP contribution in [0.25, 0.3) is 0 Å². The number of nitrogens with two attached hydrogens (primary N) is 1. The maximum atomic E-state index is 13.6. The summed E-state index contributed by atoms with van der Waals surface area (Å²) < 4.78 is 0. The zero-order chi connectivity index (χ0) is 26.1. The summed E-state index contributed by atoms with van der Waals surface area (Å²) in [4.78, 5) is 46.8. The number of likely N-dealkylation sites (tertiary alicyclic amines) is 1. The van der Waals surface area contributed by atoms with E-state index >= 15 is 0 Å². The van der Waals surface area contributed by atoms with Crippen LogP contribution in [-0.4, -0.2) is 53.9 Å². The number of pyridine rings is 1. The van der Waals surface area contributed by atoms with E-state index in [1.54, 1.807) is 19.4 Å². The van der Waals surface area contributed by atoms with Crippen molar-refractivity contribution >= 4 is 23.5 Å². The number of amides is 4. The zero-order valence-electron chi connectivity index (χ0n) is 21.6. The summed E-state index contributed by atoms with van der Waals surface area (Å²) in [6.07, 6.45) is 10.3. The van der Waals surface area contributed by atoms with Crippen molar-refractivity contribution < 1.29 is 17.2 Å². The molecule has 2 fully saturated rings. The van der Waals surface area contributed by atoms with Crippen LogP contribution in [-0.2, 0) is 16.0 Å². The molecule has 3 N–H and O–H groups in total. The highest BCUT2D eigenvalue weighted by Crippen LogP contribution is 2.33. The third-order valence-corrected chi connectivity index (χ3v) is 7.33. The molecular formula is C28H43N5O3. The first kappa shape index (κ1) is 27.3. The number of benzene rings is 1. The average Bonchev–Trinajstić information content (AvgIpc) is 2.94. The number of β-lactam (4-membered cyclic amide) rings is 1. The van der Waals surface area contributed by atoms with Gasteiger partial charge in [0.2, 0.25) is 5.91 Å². The molecule has 1 aromatic heterocycles. The molecule has 36 heavy (non-hydrogen) atoms. The summed E-state index contributed by atoms with van der Waals surface area (Å²) in [5.74, 6) is -0.715. The smallest absolute Gasteiger partial charge is 0.325 e. The molecule has 0 bridgehead atoms. The molecule has 1 aromatic carbocycles. The van der Waals surface area contributed by atoms with Gasteiger partial charge in [-0.3, -0.25) is 19.5 Å². The number of nitrogens with one attached hydrogen (secondary N) is 1. The van der Waals surface area contributed by atoms with Crippen LogP contribution in [0, 0.1) is 11.8 Å². The fourth-order valence-corrected chi connectivity index (χ4v) is 5.32. The number of para-hydroxylation sites is 1. The highest BCUT2D eigenvalue weighted by Gasteiger charge is 2.55. The summed E-state index contributed by atoms with van der Waals surface area (Å²) >= 11 is 0. The minimum atomic E-state index is -0.838. The molecule has 1 aliphatic carbocycles. The van der Waals surface area contributed by atoms with Crippen molar-refractivity contribution in [2.75, 3.05) is 19.0 Å². The molecule has 2 aromatic rings. The number of imide groups is 1. The normalized spacial score (nSPS) is 20.4. The third-order valence-electron chi connectivity index (χ3n) is 7.33. The average molecular weight is 498 g/mol. The van der Waals surface area contributed by atoms with E-state index in [0.717, 1.165) is 35.4 Å². The van der Waals surface area contributed by atoms with Crippen molar-refractivity contribution in [2.24, 2.45) is 17.6 Å². The van der Waals surface area contributed by atoms with E-state index in [9.17, 15) is 14.4 Å². The van der Waals surface area contributed by atoms with Crippen LogP contribution in [0.4, 0.5) is 10.5 Å². The number of urea groups is 1. The molecule has 198 valence electrons. The number of hydrogen-bond donors (Lipinski definition) is 2. The van der Waals surface area contributed by atoms with Crippen LogP contribution in [0.2, 0.25) is 0 Å². The van der Waals surface area contributed by atoms with Crippen LogP contribution in [0.5, 0.6) is 0 Å². The van der Waals surface area contributed by atoms with Crippen molar-refractivity contribution in [1.82, 2.24) is 15.2 Å². The fourth-order valence-electron chi connectivity index (χ4n) is 5.32. The largest absolute Gasteiger partial charge is 0.335 e. The molecule has 1 saturated heterocycles. The molecule has 1 saturated carbocycles. The minimum Gasteiger partial charge on any atom is -0.335 e. The van der Waals surface area contributed by atoms with E-state index in [4.69, 9.17) is 0 Å². The third kappa shape index (κ3) is 6.10. The Morgan fingerprint density at radius 1 is 1.11 bits per heavy atom. The van der Waals surface area contributed by atoms with Crippen LogP contribution >= 0.6 is 0 Å².